The minimum Gasteiger partial charge on any atom is -0.432 e. The second kappa shape index (κ2) is 10.9. The number of aromatic nitrogens is 3. The zero-order valence-electron chi connectivity index (χ0n) is 21.8. The van der Waals surface area contributed by atoms with Gasteiger partial charge in [0.1, 0.15) is 5.60 Å². The highest BCUT2D eigenvalue weighted by Gasteiger charge is 2.30. The number of pyridine rings is 1. The fourth-order valence-electron chi connectivity index (χ4n) is 3.70. The number of aryl methyl sites for hydroxylation is 2. The summed E-state index contributed by atoms with van der Waals surface area (Å²) in [7, 11) is 0. The van der Waals surface area contributed by atoms with E-state index < -0.39 is 5.60 Å². The molecule has 35 heavy (non-hydrogen) atoms. The smallest absolute Gasteiger partial charge is 0.291 e. The fourth-order valence-corrected chi connectivity index (χ4v) is 3.70. The minimum absolute atomic E-state index is 0.167. The van der Waals surface area contributed by atoms with Crippen LogP contribution in [0.1, 0.15) is 75.2 Å². The summed E-state index contributed by atoms with van der Waals surface area (Å²) in [4.78, 5) is 18.7. The highest BCUT2D eigenvalue weighted by atomic mass is 16.4. The van der Waals surface area contributed by atoms with Crippen LogP contribution in [0.4, 0.5) is 0 Å². The van der Waals surface area contributed by atoms with Crippen molar-refractivity contribution in [2.75, 3.05) is 13.1 Å². The molecule has 0 aromatic carbocycles. The van der Waals surface area contributed by atoms with Gasteiger partial charge in [0.15, 0.2) is 0 Å². The standard InChI is InChI=1S/C19H29N3O3.C8H8N2/c1-7-12(2)10-20-15-8-9-22(11-13(15)3)17(23)16-14(4)21-18(25-16)19(5,6)24;1-7-3-2-6-10-8(7)4-5-9-10/h10,20,24H,7-9,11H2,1-6H3;2-6H,1H3. The van der Waals surface area contributed by atoms with Crippen LogP contribution < -0.4 is 5.32 Å². The minimum atomic E-state index is -1.21. The summed E-state index contributed by atoms with van der Waals surface area (Å²) in [5.74, 6) is 0.197. The molecule has 8 heteroatoms. The van der Waals surface area contributed by atoms with Crippen LogP contribution in [-0.2, 0) is 5.60 Å². The van der Waals surface area contributed by atoms with Crippen molar-refractivity contribution in [1.29, 1.82) is 0 Å². The van der Waals surface area contributed by atoms with Gasteiger partial charge in [-0.2, -0.15) is 5.10 Å². The third-order valence-electron chi connectivity index (χ3n) is 6.07. The number of allylic oxidation sites excluding steroid dienone is 1. The van der Waals surface area contributed by atoms with E-state index in [-0.39, 0.29) is 17.6 Å². The first-order valence-electron chi connectivity index (χ1n) is 12.0. The number of aliphatic hydroxyl groups is 1. The Hall–Kier alpha value is -3.39. The van der Waals surface area contributed by atoms with Gasteiger partial charge in [0.2, 0.25) is 11.7 Å². The molecule has 3 aromatic rings. The molecule has 0 fully saturated rings. The Labute approximate surface area is 207 Å². The lowest BCUT2D eigenvalue weighted by Gasteiger charge is -2.29. The molecule has 0 atom stereocenters. The van der Waals surface area contributed by atoms with E-state index in [0.29, 0.717) is 18.8 Å². The molecular formula is C27H37N5O3. The largest absolute Gasteiger partial charge is 0.432 e. The molecule has 3 aromatic heterocycles. The summed E-state index contributed by atoms with van der Waals surface area (Å²) in [5, 5.41) is 17.5. The van der Waals surface area contributed by atoms with E-state index >= 15 is 0 Å². The van der Waals surface area contributed by atoms with Gasteiger partial charge >= 0.3 is 0 Å². The van der Waals surface area contributed by atoms with Crippen LogP contribution in [0.2, 0.25) is 0 Å². The van der Waals surface area contributed by atoms with Crippen molar-refractivity contribution in [3.8, 4) is 0 Å². The van der Waals surface area contributed by atoms with Crippen molar-refractivity contribution in [3.05, 3.63) is 76.5 Å². The number of fused-ring (bicyclic) bond motifs is 1. The predicted molar refractivity (Wildman–Crippen MR) is 137 cm³/mol. The molecule has 0 radical (unpaired) electrons. The Morgan fingerprint density at radius 1 is 1.29 bits per heavy atom. The number of hydrogen-bond acceptors (Lipinski definition) is 6. The topological polar surface area (TPSA) is 95.9 Å². The maximum Gasteiger partial charge on any atom is 0.291 e. The van der Waals surface area contributed by atoms with E-state index in [2.05, 4.69) is 42.2 Å². The van der Waals surface area contributed by atoms with Gasteiger partial charge in [-0.3, -0.25) is 4.79 Å². The molecule has 188 valence electrons. The first kappa shape index (κ1) is 26.2. The second-order valence-corrected chi connectivity index (χ2v) is 9.57. The van der Waals surface area contributed by atoms with Crippen molar-refractivity contribution < 1.29 is 14.3 Å². The molecule has 0 saturated heterocycles. The molecule has 1 amide bonds. The number of rotatable bonds is 5. The van der Waals surface area contributed by atoms with Crippen molar-refractivity contribution in [3.63, 3.8) is 0 Å². The lowest BCUT2D eigenvalue weighted by Crippen LogP contribution is -2.38. The van der Waals surface area contributed by atoms with E-state index in [0.717, 1.165) is 18.4 Å². The van der Waals surface area contributed by atoms with Crippen LogP contribution in [0.15, 0.2) is 58.1 Å². The quantitative estimate of drug-likeness (QED) is 0.542. The molecule has 2 N–H and O–H groups in total. The number of hydrogen-bond donors (Lipinski definition) is 2. The molecule has 0 bridgehead atoms. The maximum atomic E-state index is 12.8. The zero-order chi connectivity index (χ0) is 25.8. The van der Waals surface area contributed by atoms with Crippen LogP contribution in [0.5, 0.6) is 0 Å². The van der Waals surface area contributed by atoms with E-state index in [1.54, 1.807) is 25.7 Å². The normalized spacial score (nSPS) is 14.7. The zero-order valence-corrected chi connectivity index (χ0v) is 21.8. The third-order valence-corrected chi connectivity index (χ3v) is 6.07. The third kappa shape index (κ3) is 6.39. The van der Waals surface area contributed by atoms with E-state index in [1.165, 1.54) is 22.4 Å². The number of carbonyl (C=O) groups excluding carboxylic acids is 1. The molecule has 1 aliphatic rings. The summed E-state index contributed by atoms with van der Waals surface area (Å²) >= 11 is 0. The maximum absolute atomic E-state index is 12.8. The Bertz CT molecular complexity index is 1240. The van der Waals surface area contributed by atoms with Crippen LogP contribution in [0.25, 0.3) is 5.52 Å². The lowest BCUT2D eigenvalue weighted by atomic mass is 10.1. The Kier molecular flexibility index (Phi) is 8.17. The van der Waals surface area contributed by atoms with Gasteiger partial charge in [-0.05, 0) is 77.4 Å². The molecule has 4 rings (SSSR count). The molecule has 0 spiro atoms. The monoisotopic (exact) mass is 479 g/mol. The number of amides is 1. The Balaban J connectivity index is 0.000000281. The number of nitrogens with zero attached hydrogens (tertiary/aromatic N) is 4. The summed E-state index contributed by atoms with van der Waals surface area (Å²) in [6, 6.07) is 6.08. The first-order valence-corrected chi connectivity index (χ1v) is 12.0. The molecule has 0 aliphatic carbocycles. The summed E-state index contributed by atoms with van der Waals surface area (Å²) in [6.45, 7) is 14.4. The number of carbonyl (C=O) groups is 1. The predicted octanol–water partition coefficient (Wildman–Crippen LogP) is 4.88. The van der Waals surface area contributed by atoms with Crippen LogP contribution in [0.3, 0.4) is 0 Å². The number of oxazole rings is 1. The van der Waals surface area contributed by atoms with Gasteiger partial charge in [0.25, 0.3) is 5.91 Å². The summed E-state index contributed by atoms with van der Waals surface area (Å²) in [5.41, 5.74) is 5.34. The van der Waals surface area contributed by atoms with E-state index in [4.69, 9.17) is 4.42 Å². The molecule has 0 saturated carbocycles. The molecule has 8 nitrogen and oxygen atoms in total. The Morgan fingerprint density at radius 3 is 2.63 bits per heavy atom. The Morgan fingerprint density at radius 2 is 2.03 bits per heavy atom. The van der Waals surface area contributed by atoms with E-state index in [9.17, 15) is 9.90 Å². The van der Waals surface area contributed by atoms with Crippen molar-refractivity contribution in [1.82, 2.24) is 24.8 Å². The second-order valence-electron chi connectivity index (χ2n) is 9.57. The van der Waals surface area contributed by atoms with E-state index in [1.807, 2.05) is 42.2 Å². The highest BCUT2D eigenvalue weighted by Crippen LogP contribution is 2.24. The van der Waals surface area contributed by atoms with Gasteiger partial charge in [0.05, 0.1) is 11.2 Å². The van der Waals surface area contributed by atoms with Crippen LogP contribution in [-0.4, -0.2) is 43.6 Å². The van der Waals surface area contributed by atoms with Crippen molar-refractivity contribution in [2.24, 2.45) is 0 Å². The lowest BCUT2D eigenvalue weighted by molar-refractivity contribution is 0.0451. The van der Waals surface area contributed by atoms with Crippen molar-refractivity contribution in [2.45, 2.75) is 66.9 Å². The molecular weight excluding hydrogens is 442 g/mol. The van der Waals surface area contributed by atoms with Gasteiger partial charge in [0, 0.05) is 37.6 Å². The van der Waals surface area contributed by atoms with Gasteiger partial charge < -0.3 is 19.7 Å². The summed E-state index contributed by atoms with van der Waals surface area (Å²) < 4.78 is 7.43. The SMILES string of the molecule is CCC(C)=CNC1=C(C)CN(C(=O)c2oc(C(C)(C)O)nc2C)CC1.Cc1cccn2nccc12. The van der Waals surface area contributed by atoms with Crippen molar-refractivity contribution >= 4 is 11.4 Å². The molecule has 1 aliphatic heterocycles. The van der Waals surface area contributed by atoms with Crippen LogP contribution in [0, 0.1) is 13.8 Å². The summed E-state index contributed by atoms with van der Waals surface area (Å²) in [6.07, 6.45) is 7.58. The average molecular weight is 480 g/mol. The number of nitrogens with one attached hydrogen (secondary N) is 1. The molecule has 4 heterocycles. The fraction of sp³-hybridized carbons (Fsp3) is 0.444. The first-order chi connectivity index (χ1) is 16.5. The highest BCUT2D eigenvalue weighted by molar-refractivity contribution is 5.92. The molecule has 0 unspecified atom stereocenters. The van der Waals surface area contributed by atoms with Crippen LogP contribution >= 0.6 is 0 Å². The van der Waals surface area contributed by atoms with Gasteiger partial charge in [-0.25, -0.2) is 9.50 Å². The van der Waals surface area contributed by atoms with Gasteiger partial charge in [-0.15, -0.1) is 0 Å². The average Bonchev–Trinajstić information content (AvgIpc) is 3.45. The van der Waals surface area contributed by atoms with Gasteiger partial charge in [-0.1, -0.05) is 18.6 Å².